The third-order valence-corrected chi connectivity index (χ3v) is 4.17. The van der Waals surface area contributed by atoms with Crippen molar-refractivity contribution in [1.29, 1.82) is 0 Å². The minimum atomic E-state index is -0.859. The number of rotatable bonds is 4. The number of carbonyl (C=O) groups excluding carboxylic acids is 1. The van der Waals surface area contributed by atoms with Gasteiger partial charge < -0.3 is 10.4 Å². The highest BCUT2D eigenvalue weighted by atomic mass is 16.4. The summed E-state index contributed by atoms with van der Waals surface area (Å²) in [5.74, 6) is -1.82. The summed E-state index contributed by atoms with van der Waals surface area (Å²) in [4.78, 5) is 22.8. The standard InChI is InChI=1S/C12H19NO3/c1-11(2)7(8(11)10(15)16)9(14)13-6-12(3)4-5-12/h7-8H,4-6H2,1-3H3,(H,13,14)(H,15,16). The molecule has 0 aromatic rings. The van der Waals surface area contributed by atoms with Gasteiger partial charge in [-0.1, -0.05) is 20.8 Å². The van der Waals surface area contributed by atoms with E-state index in [1.165, 1.54) is 0 Å². The summed E-state index contributed by atoms with van der Waals surface area (Å²) < 4.78 is 0. The third-order valence-electron chi connectivity index (χ3n) is 4.17. The fraction of sp³-hybridized carbons (Fsp3) is 0.833. The number of aliphatic carboxylic acids is 1. The Kier molecular flexibility index (Phi) is 2.30. The van der Waals surface area contributed by atoms with Crippen molar-refractivity contribution in [2.75, 3.05) is 6.54 Å². The van der Waals surface area contributed by atoms with Crippen molar-refractivity contribution in [3.63, 3.8) is 0 Å². The molecule has 0 aromatic carbocycles. The molecular weight excluding hydrogens is 206 g/mol. The maximum atomic E-state index is 11.8. The van der Waals surface area contributed by atoms with E-state index in [1.807, 2.05) is 13.8 Å². The Balaban J connectivity index is 1.89. The predicted octanol–water partition coefficient (Wildman–Crippen LogP) is 1.26. The highest BCUT2D eigenvalue weighted by molar-refractivity contribution is 5.91. The van der Waals surface area contributed by atoms with Gasteiger partial charge in [-0.25, -0.2) is 0 Å². The number of nitrogens with one attached hydrogen (secondary N) is 1. The van der Waals surface area contributed by atoms with Gasteiger partial charge in [-0.05, 0) is 23.7 Å². The molecule has 1 amide bonds. The smallest absolute Gasteiger partial charge is 0.307 e. The molecule has 2 aliphatic rings. The molecule has 0 aliphatic heterocycles. The summed E-state index contributed by atoms with van der Waals surface area (Å²) in [6, 6.07) is 0. The fourth-order valence-corrected chi connectivity index (χ4v) is 2.39. The van der Waals surface area contributed by atoms with Gasteiger partial charge in [0.25, 0.3) is 0 Å². The summed E-state index contributed by atoms with van der Waals surface area (Å²) in [5, 5.41) is 11.9. The molecule has 2 unspecified atom stereocenters. The van der Waals surface area contributed by atoms with Crippen molar-refractivity contribution in [1.82, 2.24) is 5.32 Å². The van der Waals surface area contributed by atoms with Gasteiger partial charge in [0.1, 0.15) is 0 Å². The SMILES string of the molecule is CC1(CNC(=O)C2C(C(=O)O)C2(C)C)CC1. The molecule has 2 aliphatic carbocycles. The second-order valence-corrected chi connectivity index (χ2v) is 6.14. The molecule has 2 fully saturated rings. The van der Waals surface area contributed by atoms with Gasteiger partial charge in [0.2, 0.25) is 5.91 Å². The van der Waals surface area contributed by atoms with Gasteiger partial charge in [-0.15, -0.1) is 0 Å². The number of carbonyl (C=O) groups is 2. The first-order chi connectivity index (χ1) is 7.28. The van der Waals surface area contributed by atoms with E-state index in [9.17, 15) is 9.59 Å². The van der Waals surface area contributed by atoms with Crippen LogP contribution in [0.5, 0.6) is 0 Å². The third kappa shape index (κ3) is 1.81. The molecule has 0 saturated heterocycles. The molecule has 2 atom stereocenters. The highest BCUT2D eigenvalue weighted by Gasteiger charge is 2.65. The quantitative estimate of drug-likeness (QED) is 0.757. The lowest BCUT2D eigenvalue weighted by Gasteiger charge is -2.10. The van der Waals surface area contributed by atoms with E-state index in [2.05, 4.69) is 12.2 Å². The molecule has 90 valence electrons. The molecule has 4 heteroatoms. The van der Waals surface area contributed by atoms with Crippen molar-refractivity contribution in [2.24, 2.45) is 22.7 Å². The summed E-state index contributed by atoms with van der Waals surface area (Å²) >= 11 is 0. The van der Waals surface area contributed by atoms with Gasteiger partial charge >= 0.3 is 5.97 Å². The van der Waals surface area contributed by atoms with Crippen LogP contribution >= 0.6 is 0 Å². The molecule has 0 heterocycles. The highest BCUT2D eigenvalue weighted by Crippen LogP contribution is 2.58. The van der Waals surface area contributed by atoms with Crippen LogP contribution < -0.4 is 5.32 Å². The Labute approximate surface area is 95.4 Å². The summed E-state index contributed by atoms with van der Waals surface area (Å²) in [5.41, 5.74) is -0.117. The molecular formula is C12H19NO3. The first-order valence-electron chi connectivity index (χ1n) is 5.78. The van der Waals surface area contributed by atoms with Crippen molar-refractivity contribution < 1.29 is 14.7 Å². The Morgan fingerprint density at radius 2 is 1.81 bits per heavy atom. The monoisotopic (exact) mass is 225 g/mol. The lowest BCUT2D eigenvalue weighted by Crippen LogP contribution is -2.31. The molecule has 0 aromatic heterocycles. The number of hydrogen-bond acceptors (Lipinski definition) is 2. The maximum absolute atomic E-state index is 11.8. The largest absolute Gasteiger partial charge is 0.481 e. The van der Waals surface area contributed by atoms with Crippen LogP contribution in [-0.2, 0) is 9.59 Å². The van der Waals surface area contributed by atoms with Crippen molar-refractivity contribution in [3.05, 3.63) is 0 Å². The Hall–Kier alpha value is -1.06. The predicted molar refractivity (Wildman–Crippen MR) is 58.7 cm³/mol. The van der Waals surface area contributed by atoms with Crippen LogP contribution in [0.3, 0.4) is 0 Å². The van der Waals surface area contributed by atoms with Crippen LogP contribution in [0, 0.1) is 22.7 Å². The molecule has 16 heavy (non-hydrogen) atoms. The second-order valence-electron chi connectivity index (χ2n) is 6.14. The zero-order valence-corrected chi connectivity index (χ0v) is 10.0. The Morgan fingerprint density at radius 1 is 1.25 bits per heavy atom. The van der Waals surface area contributed by atoms with Gasteiger partial charge in [0.15, 0.2) is 0 Å². The first kappa shape index (κ1) is 11.4. The molecule has 2 saturated carbocycles. The average molecular weight is 225 g/mol. The number of carboxylic acids is 1. The number of carboxylic acid groups (broad SMARTS) is 1. The summed E-state index contributed by atoms with van der Waals surface area (Å²) in [7, 11) is 0. The minimum Gasteiger partial charge on any atom is -0.481 e. The van der Waals surface area contributed by atoms with Gasteiger partial charge in [0, 0.05) is 6.54 Å². The molecule has 0 radical (unpaired) electrons. The van der Waals surface area contributed by atoms with Crippen LogP contribution in [0.4, 0.5) is 0 Å². The lowest BCUT2D eigenvalue weighted by molar-refractivity contribution is -0.140. The molecule has 0 spiro atoms. The van der Waals surface area contributed by atoms with Crippen LogP contribution in [0.1, 0.15) is 33.6 Å². The van der Waals surface area contributed by atoms with Crippen LogP contribution in [-0.4, -0.2) is 23.5 Å². The normalized spacial score (nSPS) is 32.9. The maximum Gasteiger partial charge on any atom is 0.307 e. The van der Waals surface area contributed by atoms with E-state index in [4.69, 9.17) is 5.11 Å². The van der Waals surface area contributed by atoms with E-state index >= 15 is 0 Å². The van der Waals surface area contributed by atoms with E-state index < -0.39 is 11.9 Å². The van der Waals surface area contributed by atoms with E-state index in [0.29, 0.717) is 6.54 Å². The van der Waals surface area contributed by atoms with Gasteiger partial charge in [-0.2, -0.15) is 0 Å². The molecule has 4 nitrogen and oxygen atoms in total. The van der Waals surface area contributed by atoms with Crippen molar-refractivity contribution in [2.45, 2.75) is 33.6 Å². The lowest BCUT2D eigenvalue weighted by atomic mass is 10.1. The first-order valence-corrected chi connectivity index (χ1v) is 5.78. The second kappa shape index (κ2) is 3.22. The average Bonchev–Trinajstić information content (AvgIpc) is 3.00. The van der Waals surface area contributed by atoms with E-state index in [0.717, 1.165) is 12.8 Å². The zero-order chi connectivity index (χ0) is 12.1. The molecule has 0 bridgehead atoms. The van der Waals surface area contributed by atoms with Crippen LogP contribution in [0.25, 0.3) is 0 Å². The van der Waals surface area contributed by atoms with Crippen LogP contribution in [0.15, 0.2) is 0 Å². The topological polar surface area (TPSA) is 66.4 Å². The van der Waals surface area contributed by atoms with E-state index in [-0.39, 0.29) is 22.7 Å². The summed E-state index contributed by atoms with van der Waals surface area (Å²) in [6.45, 7) is 6.51. The zero-order valence-electron chi connectivity index (χ0n) is 10.0. The molecule has 2 N–H and O–H groups in total. The van der Waals surface area contributed by atoms with E-state index in [1.54, 1.807) is 0 Å². The number of amides is 1. The molecule has 2 rings (SSSR count). The van der Waals surface area contributed by atoms with Crippen LogP contribution in [0.2, 0.25) is 0 Å². The van der Waals surface area contributed by atoms with Crippen molar-refractivity contribution in [3.8, 4) is 0 Å². The Morgan fingerprint density at radius 3 is 2.19 bits per heavy atom. The Bertz CT molecular complexity index is 344. The summed E-state index contributed by atoms with van der Waals surface area (Å²) in [6.07, 6.45) is 2.31. The van der Waals surface area contributed by atoms with Gasteiger partial charge in [-0.3, -0.25) is 9.59 Å². The fourth-order valence-electron chi connectivity index (χ4n) is 2.39. The number of hydrogen-bond donors (Lipinski definition) is 2. The minimum absolute atomic E-state index is 0.0921. The van der Waals surface area contributed by atoms with Gasteiger partial charge in [0.05, 0.1) is 11.8 Å². The van der Waals surface area contributed by atoms with Crippen molar-refractivity contribution >= 4 is 11.9 Å².